The number of fused-ring (bicyclic) bond motifs is 1. The molecule has 1 aliphatic rings. The topological polar surface area (TPSA) is 68.7 Å². The van der Waals surface area contributed by atoms with Crippen LogP contribution in [0, 0.1) is 8.99 Å². The molecule has 0 saturated heterocycles. The fourth-order valence-corrected chi connectivity index (χ4v) is 7.25. The number of aliphatic hydroxyl groups excluding tert-OH is 1. The average Bonchev–Trinajstić information content (AvgIpc) is 2.76. The molecule has 0 radical (unpaired) electrons. The highest BCUT2D eigenvalue weighted by molar-refractivity contribution is 14.1. The van der Waals surface area contributed by atoms with Gasteiger partial charge in [-0.3, -0.25) is 4.98 Å². The molecular formula is C30H44INO4Si. The predicted molar refractivity (Wildman–Crippen MR) is 161 cm³/mol. The molecule has 1 unspecified atom stereocenters. The van der Waals surface area contributed by atoms with E-state index in [1.165, 1.54) is 0 Å². The molecule has 204 valence electrons. The van der Waals surface area contributed by atoms with E-state index in [2.05, 4.69) is 84.2 Å². The first-order valence-electron chi connectivity index (χ1n) is 13.3. The summed E-state index contributed by atoms with van der Waals surface area (Å²) in [6.07, 6.45) is 0.897. The van der Waals surface area contributed by atoms with Gasteiger partial charge in [0.15, 0.2) is 8.32 Å². The zero-order valence-corrected chi connectivity index (χ0v) is 27.3. The number of carbonyl (C=O) groups is 1. The van der Waals surface area contributed by atoms with Gasteiger partial charge in [-0.2, -0.15) is 0 Å². The van der Waals surface area contributed by atoms with E-state index in [9.17, 15) is 9.90 Å². The van der Waals surface area contributed by atoms with E-state index in [0.29, 0.717) is 12.2 Å². The van der Waals surface area contributed by atoms with Crippen molar-refractivity contribution in [2.45, 2.75) is 104 Å². The molecule has 7 heteroatoms. The number of aromatic nitrogens is 1. The molecule has 1 N–H and O–H groups in total. The molecular weight excluding hydrogens is 593 g/mol. The number of hydrogen-bond donors (Lipinski definition) is 1. The third-order valence-electron chi connectivity index (χ3n) is 7.82. The zero-order chi connectivity index (χ0) is 27.9. The number of carbonyl (C=O) groups excluding carboxylic acids is 1. The predicted octanol–water partition coefficient (Wildman–Crippen LogP) is 8.10. The van der Waals surface area contributed by atoms with Crippen LogP contribution in [0.15, 0.2) is 24.3 Å². The van der Waals surface area contributed by atoms with E-state index in [4.69, 9.17) is 14.1 Å². The minimum Gasteiger partial charge on any atom is -0.462 e. The summed E-state index contributed by atoms with van der Waals surface area (Å²) in [5, 5.41) is 11.8. The van der Waals surface area contributed by atoms with Crippen LogP contribution >= 0.6 is 22.6 Å². The lowest BCUT2D eigenvalue weighted by atomic mass is 9.74. The van der Waals surface area contributed by atoms with Crippen LogP contribution in [0.1, 0.15) is 118 Å². The lowest BCUT2D eigenvalue weighted by Gasteiger charge is -2.44. The van der Waals surface area contributed by atoms with Crippen molar-refractivity contribution in [3.05, 3.63) is 61.5 Å². The van der Waals surface area contributed by atoms with Gasteiger partial charge in [0.05, 0.1) is 24.0 Å². The molecule has 0 bridgehead atoms. The van der Waals surface area contributed by atoms with Gasteiger partial charge in [-0.1, -0.05) is 60.6 Å². The Kier molecular flexibility index (Phi) is 9.04. The molecule has 0 aliphatic heterocycles. The number of hydrogen-bond acceptors (Lipinski definition) is 5. The number of rotatable bonds is 7. The molecule has 2 atom stereocenters. The maximum atomic E-state index is 12.1. The fraction of sp³-hybridized carbons (Fsp3) is 0.600. The van der Waals surface area contributed by atoms with Crippen molar-refractivity contribution in [2.24, 2.45) is 5.41 Å². The standard InChI is InChI=1S/C30H44INO4Si/c1-11-35-28(34)20-14-12-19(13-15-20)27(33)24-25(31)23-21(32-26(24)18(2)3)16-30(7,8)17-22(23)36-37(9,10)29(4,5)6/h12-15,18,22,27,33H,11,16-17H2,1-10H3/t22-,27?/m0/s1. The molecule has 1 heterocycles. The molecule has 0 saturated carbocycles. The van der Waals surface area contributed by atoms with E-state index in [0.717, 1.165) is 44.5 Å². The van der Waals surface area contributed by atoms with Crippen molar-refractivity contribution in [3.8, 4) is 0 Å². The highest BCUT2D eigenvalue weighted by Gasteiger charge is 2.44. The van der Waals surface area contributed by atoms with Gasteiger partial charge >= 0.3 is 5.97 Å². The quantitative estimate of drug-likeness (QED) is 0.189. The van der Waals surface area contributed by atoms with Crippen LogP contribution in [-0.2, 0) is 15.6 Å². The minimum absolute atomic E-state index is 0.0580. The number of ether oxygens (including phenoxy) is 1. The Morgan fingerprint density at radius 1 is 1.22 bits per heavy atom. The van der Waals surface area contributed by atoms with Gasteiger partial charge in [0.1, 0.15) is 6.10 Å². The summed E-state index contributed by atoms with van der Waals surface area (Å²) in [5.74, 6) is -0.211. The van der Waals surface area contributed by atoms with E-state index >= 15 is 0 Å². The zero-order valence-electron chi connectivity index (χ0n) is 24.2. The van der Waals surface area contributed by atoms with Crippen LogP contribution < -0.4 is 0 Å². The highest BCUT2D eigenvalue weighted by Crippen LogP contribution is 2.50. The van der Waals surface area contributed by atoms with E-state index < -0.39 is 14.4 Å². The Balaban J connectivity index is 2.14. The van der Waals surface area contributed by atoms with Gasteiger partial charge in [-0.05, 0) is 89.5 Å². The minimum atomic E-state index is -2.05. The molecule has 1 aliphatic carbocycles. The molecule has 1 aromatic heterocycles. The van der Waals surface area contributed by atoms with Gasteiger partial charge in [0, 0.05) is 20.4 Å². The second-order valence-corrected chi connectivity index (χ2v) is 18.7. The van der Waals surface area contributed by atoms with Gasteiger partial charge in [-0.25, -0.2) is 4.79 Å². The second-order valence-electron chi connectivity index (χ2n) is 12.9. The molecule has 0 spiro atoms. The summed E-state index contributed by atoms with van der Waals surface area (Å²) in [4.78, 5) is 17.3. The van der Waals surface area contributed by atoms with E-state index in [-0.39, 0.29) is 28.4 Å². The summed E-state index contributed by atoms with van der Waals surface area (Å²) in [5.41, 5.74) is 5.30. The number of pyridine rings is 1. The second kappa shape index (κ2) is 11.1. The van der Waals surface area contributed by atoms with Crippen molar-refractivity contribution in [1.29, 1.82) is 0 Å². The highest BCUT2D eigenvalue weighted by atomic mass is 127. The molecule has 2 aromatic rings. The summed E-state index contributed by atoms with van der Waals surface area (Å²) in [7, 11) is -2.05. The van der Waals surface area contributed by atoms with Gasteiger partial charge in [0.25, 0.3) is 0 Å². The first kappa shape index (κ1) is 30.3. The Morgan fingerprint density at radius 3 is 2.32 bits per heavy atom. The van der Waals surface area contributed by atoms with Crippen molar-refractivity contribution < 1.29 is 19.1 Å². The molecule has 37 heavy (non-hydrogen) atoms. The first-order valence-corrected chi connectivity index (χ1v) is 17.3. The first-order chi connectivity index (χ1) is 17.0. The molecule has 0 amide bonds. The van der Waals surface area contributed by atoms with Crippen LogP contribution in [0.25, 0.3) is 0 Å². The number of nitrogens with zero attached hydrogens (tertiary/aromatic N) is 1. The maximum absolute atomic E-state index is 12.1. The van der Waals surface area contributed by atoms with Crippen LogP contribution in [-0.4, -0.2) is 31.0 Å². The van der Waals surface area contributed by atoms with Crippen molar-refractivity contribution >= 4 is 36.9 Å². The Hall–Kier alpha value is -1.29. The number of benzene rings is 1. The fourth-order valence-electron chi connectivity index (χ4n) is 4.76. The average molecular weight is 638 g/mol. The van der Waals surface area contributed by atoms with Crippen molar-refractivity contribution in [1.82, 2.24) is 4.98 Å². The summed E-state index contributed by atoms with van der Waals surface area (Å²) in [6, 6.07) is 7.05. The van der Waals surface area contributed by atoms with Crippen LogP contribution in [0.4, 0.5) is 0 Å². The lowest BCUT2D eigenvalue weighted by Crippen LogP contribution is -2.44. The van der Waals surface area contributed by atoms with Gasteiger partial charge in [-0.15, -0.1) is 0 Å². The monoisotopic (exact) mass is 637 g/mol. The molecule has 5 nitrogen and oxygen atoms in total. The SMILES string of the molecule is CCOC(=O)c1ccc(C(O)c2c(C(C)C)nc3c(c2I)[C@@H](O[Si](C)(C)C(C)(C)C)CC(C)(C)C3)cc1. The third-order valence-corrected chi connectivity index (χ3v) is 13.5. The number of halogens is 1. The number of esters is 1. The lowest BCUT2D eigenvalue weighted by molar-refractivity contribution is 0.0526. The Morgan fingerprint density at radius 2 is 1.81 bits per heavy atom. The van der Waals surface area contributed by atoms with Gasteiger partial charge in [0.2, 0.25) is 0 Å². The molecule has 3 rings (SSSR count). The van der Waals surface area contributed by atoms with Crippen LogP contribution in [0.2, 0.25) is 18.1 Å². The molecule has 1 aromatic carbocycles. The van der Waals surface area contributed by atoms with E-state index in [1.54, 1.807) is 19.1 Å². The van der Waals surface area contributed by atoms with Gasteiger partial charge < -0.3 is 14.3 Å². The summed E-state index contributed by atoms with van der Waals surface area (Å²) < 4.78 is 13.2. The smallest absolute Gasteiger partial charge is 0.338 e. The van der Waals surface area contributed by atoms with E-state index in [1.807, 2.05) is 12.1 Å². The van der Waals surface area contributed by atoms with Crippen molar-refractivity contribution in [2.75, 3.05) is 6.61 Å². The van der Waals surface area contributed by atoms with Crippen LogP contribution in [0.5, 0.6) is 0 Å². The maximum Gasteiger partial charge on any atom is 0.338 e. The summed E-state index contributed by atoms with van der Waals surface area (Å²) in [6.45, 7) is 22.4. The van der Waals surface area contributed by atoms with Crippen LogP contribution in [0.3, 0.4) is 0 Å². The van der Waals surface area contributed by atoms with Crippen molar-refractivity contribution in [3.63, 3.8) is 0 Å². The summed E-state index contributed by atoms with van der Waals surface area (Å²) >= 11 is 2.41. The Labute approximate surface area is 238 Å². The largest absolute Gasteiger partial charge is 0.462 e. The molecule has 0 fully saturated rings. The normalized spacial score (nSPS) is 18.5. The number of aliphatic hydroxyl groups is 1. The third kappa shape index (κ3) is 6.48. The Bertz CT molecular complexity index is 1140.